The Kier molecular flexibility index (Phi) is 3.48. The van der Waals surface area contributed by atoms with Gasteiger partial charge in [0, 0.05) is 11.8 Å². The number of nitrogens with zero attached hydrogens (tertiary/aromatic N) is 2. The Morgan fingerprint density at radius 2 is 2.14 bits per heavy atom. The molecule has 0 bridgehead atoms. The number of hydrogen-bond acceptors (Lipinski definition) is 3. The normalized spacial score (nSPS) is 11.0. The lowest BCUT2D eigenvalue weighted by Gasteiger charge is -2.06. The SMILES string of the molecule is CCCOc1cccc(-c2nc3ccc(F)cn3c2N)c1. The molecule has 1 aromatic carbocycles. The standard InChI is InChI=1S/C16H16FN3O/c1-2-8-21-13-5-3-4-11(9-13)15-16(18)20-10-12(17)6-7-14(20)19-15/h3-7,9-10H,2,8,18H2,1H3. The van der Waals surface area contributed by atoms with Crippen molar-refractivity contribution in [2.24, 2.45) is 0 Å². The van der Waals surface area contributed by atoms with Gasteiger partial charge < -0.3 is 10.5 Å². The van der Waals surface area contributed by atoms with Gasteiger partial charge >= 0.3 is 0 Å². The van der Waals surface area contributed by atoms with E-state index in [1.54, 1.807) is 10.5 Å². The molecule has 0 unspecified atom stereocenters. The number of anilines is 1. The van der Waals surface area contributed by atoms with Crippen molar-refractivity contribution in [3.8, 4) is 17.0 Å². The number of halogens is 1. The lowest BCUT2D eigenvalue weighted by molar-refractivity contribution is 0.317. The quantitative estimate of drug-likeness (QED) is 0.798. The van der Waals surface area contributed by atoms with Crippen molar-refractivity contribution in [1.29, 1.82) is 0 Å². The van der Waals surface area contributed by atoms with Gasteiger partial charge in [-0.15, -0.1) is 0 Å². The number of aromatic nitrogens is 2. The molecule has 0 aliphatic rings. The zero-order valence-electron chi connectivity index (χ0n) is 11.7. The molecule has 0 atom stereocenters. The van der Waals surface area contributed by atoms with Crippen molar-refractivity contribution < 1.29 is 9.13 Å². The third-order valence-corrected chi connectivity index (χ3v) is 3.20. The van der Waals surface area contributed by atoms with Gasteiger partial charge in [-0.25, -0.2) is 9.37 Å². The van der Waals surface area contributed by atoms with E-state index in [4.69, 9.17) is 10.5 Å². The first kappa shape index (κ1) is 13.4. The van der Waals surface area contributed by atoms with E-state index in [-0.39, 0.29) is 5.82 Å². The predicted molar refractivity (Wildman–Crippen MR) is 80.8 cm³/mol. The maximum absolute atomic E-state index is 13.3. The molecule has 4 nitrogen and oxygen atoms in total. The molecule has 0 fully saturated rings. The van der Waals surface area contributed by atoms with Crippen molar-refractivity contribution in [1.82, 2.24) is 9.38 Å². The Bertz CT molecular complexity index is 782. The van der Waals surface area contributed by atoms with E-state index in [0.29, 0.717) is 23.8 Å². The Balaban J connectivity index is 2.05. The molecule has 5 heteroatoms. The Morgan fingerprint density at radius 3 is 2.95 bits per heavy atom. The van der Waals surface area contributed by atoms with Crippen LogP contribution in [0.1, 0.15) is 13.3 Å². The Labute approximate surface area is 122 Å². The number of nitrogens with two attached hydrogens (primary N) is 1. The molecule has 0 saturated heterocycles. The van der Waals surface area contributed by atoms with E-state index in [0.717, 1.165) is 17.7 Å². The third kappa shape index (κ3) is 2.54. The molecule has 2 aromatic heterocycles. The molecule has 0 spiro atoms. The smallest absolute Gasteiger partial charge is 0.140 e. The van der Waals surface area contributed by atoms with E-state index in [1.807, 2.05) is 24.3 Å². The minimum atomic E-state index is -0.349. The number of pyridine rings is 1. The van der Waals surface area contributed by atoms with Crippen molar-refractivity contribution in [2.45, 2.75) is 13.3 Å². The Morgan fingerprint density at radius 1 is 1.29 bits per heavy atom. The fourth-order valence-corrected chi connectivity index (χ4v) is 2.20. The van der Waals surface area contributed by atoms with Gasteiger partial charge in [0.1, 0.15) is 28.7 Å². The van der Waals surface area contributed by atoms with Gasteiger partial charge in [0.15, 0.2) is 0 Å². The van der Waals surface area contributed by atoms with Crippen LogP contribution in [0.25, 0.3) is 16.9 Å². The highest BCUT2D eigenvalue weighted by Crippen LogP contribution is 2.29. The van der Waals surface area contributed by atoms with E-state index in [2.05, 4.69) is 11.9 Å². The van der Waals surface area contributed by atoms with Crippen LogP contribution in [0, 0.1) is 5.82 Å². The average Bonchev–Trinajstić information content (AvgIpc) is 2.82. The molecule has 0 radical (unpaired) electrons. The van der Waals surface area contributed by atoms with Crippen molar-refractivity contribution in [3.63, 3.8) is 0 Å². The first-order valence-electron chi connectivity index (χ1n) is 6.85. The molecular weight excluding hydrogens is 269 g/mol. The first-order chi connectivity index (χ1) is 10.2. The number of nitrogen functional groups attached to an aromatic ring is 1. The molecule has 2 N–H and O–H groups in total. The van der Waals surface area contributed by atoms with Crippen LogP contribution in [0.3, 0.4) is 0 Å². The molecule has 2 heterocycles. The molecule has 3 rings (SSSR count). The van der Waals surface area contributed by atoms with Gasteiger partial charge in [-0.05, 0) is 30.7 Å². The topological polar surface area (TPSA) is 52.5 Å². The van der Waals surface area contributed by atoms with Crippen molar-refractivity contribution in [2.75, 3.05) is 12.3 Å². The average molecular weight is 285 g/mol. The first-order valence-corrected chi connectivity index (χ1v) is 6.85. The van der Waals surface area contributed by atoms with Crippen LogP contribution in [0.15, 0.2) is 42.6 Å². The molecule has 0 amide bonds. The summed E-state index contributed by atoms with van der Waals surface area (Å²) in [6.45, 7) is 2.72. The fraction of sp³-hybridized carbons (Fsp3) is 0.188. The van der Waals surface area contributed by atoms with Gasteiger partial charge in [-0.3, -0.25) is 4.40 Å². The summed E-state index contributed by atoms with van der Waals surface area (Å²) < 4.78 is 20.5. The highest BCUT2D eigenvalue weighted by molar-refractivity contribution is 5.75. The second-order valence-electron chi connectivity index (χ2n) is 4.80. The summed E-state index contributed by atoms with van der Waals surface area (Å²) in [5, 5.41) is 0. The number of fused-ring (bicyclic) bond motifs is 1. The highest BCUT2D eigenvalue weighted by atomic mass is 19.1. The predicted octanol–water partition coefficient (Wildman–Crippen LogP) is 3.51. The van der Waals surface area contributed by atoms with Crippen LogP contribution in [-0.4, -0.2) is 16.0 Å². The lowest BCUT2D eigenvalue weighted by Crippen LogP contribution is -1.96. The number of hydrogen-bond donors (Lipinski definition) is 1. The zero-order valence-corrected chi connectivity index (χ0v) is 11.7. The maximum Gasteiger partial charge on any atom is 0.140 e. The minimum absolute atomic E-state index is 0.349. The van der Waals surface area contributed by atoms with E-state index >= 15 is 0 Å². The van der Waals surface area contributed by atoms with Crippen LogP contribution in [0.2, 0.25) is 0 Å². The van der Waals surface area contributed by atoms with E-state index in [1.165, 1.54) is 12.3 Å². The zero-order chi connectivity index (χ0) is 14.8. The summed E-state index contributed by atoms with van der Waals surface area (Å²) in [6, 6.07) is 10.6. The van der Waals surface area contributed by atoms with E-state index in [9.17, 15) is 4.39 Å². The van der Waals surface area contributed by atoms with Gasteiger partial charge in [-0.2, -0.15) is 0 Å². The number of ether oxygens (including phenoxy) is 1. The second-order valence-corrected chi connectivity index (χ2v) is 4.80. The summed E-state index contributed by atoms with van der Waals surface area (Å²) in [4.78, 5) is 4.46. The minimum Gasteiger partial charge on any atom is -0.494 e. The van der Waals surface area contributed by atoms with Gasteiger partial charge in [0.2, 0.25) is 0 Å². The summed E-state index contributed by atoms with van der Waals surface area (Å²) >= 11 is 0. The number of benzene rings is 1. The van der Waals surface area contributed by atoms with Crippen LogP contribution in [-0.2, 0) is 0 Å². The molecule has 3 aromatic rings. The number of imidazole rings is 1. The molecule has 21 heavy (non-hydrogen) atoms. The van der Waals surface area contributed by atoms with Crippen LogP contribution in [0.4, 0.5) is 10.2 Å². The van der Waals surface area contributed by atoms with Gasteiger partial charge in [0.25, 0.3) is 0 Å². The second kappa shape index (κ2) is 5.44. The van der Waals surface area contributed by atoms with Gasteiger partial charge in [-0.1, -0.05) is 19.1 Å². The van der Waals surface area contributed by atoms with Gasteiger partial charge in [0.05, 0.1) is 6.61 Å². The fourth-order valence-electron chi connectivity index (χ4n) is 2.20. The third-order valence-electron chi connectivity index (χ3n) is 3.20. The molecular formula is C16H16FN3O. The number of rotatable bonds is 4. The summed E-state index contributed by atoms with van der Waals surface area (Å²) in [7, 11) is 0. The van der Waals surface area contributed by atoms with Crippen molar-refractivity contribution in [3.05, 3.63) is 48.4 Å². The molecule has 108 valence electrons. The van der Waals surface area contributed by atoms with E-state index < -0.39 is 0 Å². The molecule has 0 aliphatic carbocycles. The Hall–Kier alpha value is -2.56. The molecule has 0 saturated carbocycles. The monoisotopic (exact) mass is 285 g/mol. The summed E-state index contributed by atoms with van der Waals surface area (Å²) in [6.07, 6.45) is 2.28. The van der Waals surface area contributed by atoms with Crippen molar-refractivity contribution >= 4 is 11.5 Å². The van der Waals surface area contributed by atoms with Crippen LogP contribution >= 0.6 is 0 Å². The van der Waals surface area contributed by atoms with Crippen LogP contribution < -0.4 is 10.5 Å². The summed E-state index contributed by atoms with van der Waals surface area (Å²) in [5.74, 6) is 0.840. The summed E-state index contributed by atoms with van der Waals surface area (Å²) in [5.41, 5.74) is 8.18. The molecule has 0 aliphatic heterocycles. The highest BCUT2D eigenvalue weighted by Gasteiger charge is 2.12. The lowest BCUT2D eigenvalue weighted by atomic mass is 10.1. The largest absolute Gasteiger partial charge is 0.494 e. The van der Waals surface area contributed by atoms with Crippen LogP contribution in [0.5, 0.6) is 5.75 Å². The maximum atomic E-state index is 13.3.